The fourth-order valence-electron chi connectivity index (χ4n) is 4.85. The van der Waals surface area contributed by atoms with Crippen LogP contribution in [0, 0.1) is 23.8 Å². The van der Waals surface area contributed by atoms with E-state index in [-0.39, 0.29) is 42.5 Å². The van der Waals surface area contributed by atoms with Crippen LogP contribution in [-0.2, 0) is 30.3 Å². The number of carbonyl (C=O) groups excluding carboxylic acids is 1. The molecule has 4 heteroatoms. The minimum atomic E-state index is -0.417. The number of aromatic nitrogens is 1. The molecule has 0 amide bonds. The summed E-state index contributed by atoms with van der Waals surface area (Å²) in [7, 11) is 0. The van der Waals surface area contributed by atoms with Gasteiger partial charge in [-0.25, -0.2) is 0 Å². The van der Waals surface area contributed by atoms with Crippen LogP contribution in [0.5, 0.6) is 0 Å². The van der Waals surface area contributed by atoms with Gasteiger partial charge < -0.3 is 10.1 Å². The largest absolute Gasteiger partial charge is 0.512 e. The number of aliphatic hydroxyl groups excluding tert-OH is 1. The number of carbonyl (C=O) groups is 1. The van der Waals surface area contributed by atoms with Crippen molar-refractivity contribution in [2.75, 3.05) is 0 Å². The third kappa shape index (κ3) is 6.29. The minimum absolute atomic E-state index is 0. The number of fused-ring (bicyclic) bond motifs is 4. The van der Waals surface area contributed by atoms with Crippen LogP contribution in [0.25, 0.3) is 33.2 Å². The van der Waals surface area contributed by atoms with Crippen molar-refractivity contribution in [1.29, 1.82) is 0 Å². The maximum Gasteiger partial charge on any atom is 0.164 e. The fourth-order valence-corrected chi connectivity index (χ4v) is 4.85. The number of hydrogen-bond acceptors (Lipinski definition) is 3. The predicted molar refractivity (Wildman–Crippen MR) is 163 cm³/mol. The molecule has 3 nitrogen and oxygen atoms in total. The number of benzene rings is 3. The van der Waals surface area contributed by atoms with Gasteiger partial charge in [-0.3, -0.25) is 4.79 Å². The van der Waals surface area contributed by atoms with Gasteiger partial charge in [0.1, 0.15) is 5.76 Å². The molecule has 0 atom stereocenters. The van der Waals surface area contributed by atoms with Crippen LogP contribution in [0.1, 0.15) is 72.1 Å². The second-order valence-electron chi connectivity index (χ2n) is 13.1. The maximum atomic E-state index is 11.5. The van der Waals surface area contributed by atoms with Gasteiger partial charge in [0.15, 0.2) is 5.78 Å². The molecule has 0 bridgehead atoms. The molecule has 3 aromatic carbocycles. The number of nitrogens with zero attached hydrogens (tertiary/aromatic N) is 1. The van der Waals surface area contributed by atoms with Crippen molar-refractivity contribution in [2.45, 2.75) is 67.7 Å². The van der Waals surface area contributed by atoms with E-state index >= 15 is 0 Å². The molecule has 1 aliphatic carbocycles. The van der Waals surface area contributed by atoms with Gasteiger partial charge in [0, 0.05) is 48.6 Å². The van der Waals surface area contributed by atoms with Gasteiger partial charge in [-0.05, 0) is 56.9 Å². The zero-order chi connectivity index (χ0) is 28.8. The molecule has 1 N–H and O–H groups in total. The van der Waals surface area contributed by atoms with Crippen molar-refractivity contribution >= 4 is 16.6 Å². The first-order valence-corrected chi connectivity index (χ1v) is 13.6. The van der Waals surface area contributed by atoms with Crippen molar-refractivity contribution in [2.24, 2.45) is 10.8 Å². The minimum Gasteiger partial charge on any atom is -0.512 e. The standard InChI is InChI=1S/C25H20N.C11H20O2.Ir/c1-16-8-10-17(11-9-16)24-23-20(12-13-26-24)21-14-18-6-4-5-7-19(18)15-22(21)25(23,2)3;1-10(2,3)8(12)7-9(13)11(4,5)6;/h4-10,12-15H,1-3H3;7,12H,1-6H3;/q-1;;/b;8-7-;. The van der Waals surface area contributed by atoms with Gasteiger partial charge in [0.2, 0.25) is 0 Å². The summed E-state index contributed by atoms with van der Waals surface area (Å²) in [6, 6.07) is 25.2. The first-order chi connectivity index (χ1) is 18.1. The Balaban J connectivity index is 0.000000272. The topological polar surface area (TPSA) is 50.2 Å². The van der Waals surface area contributed by atoms with Crippen LogP contribution in [0.3, 0.4) is 0 Å². The van der Waals surface area contributed by atoms with Gasteiger partial charge in [0.05, 0.1) is 0 Å². The first-order valence-electron chi connectivity index (χ1n) is 13.6. The molecule has 0 fully saturated rings. The summed E-state index contributed by atoms with van der Waals surface area (Å²) < 4.78 is 0. The second kappa shape index (κ2) is 11.4. The van der Waals surface area contributed by atoms with Gasteiger partial charge in [-0.1, -0.05) is 86.6 Å². The summed E-state index contributed by atoms with van der Waals surface area (Å²) in [6.07, 6.45) is 3.27. The van der Waals surface area contributed by atoms with Gasteiger partial charge in [-0.15, -0.1) is 35.4 Å². The zero-order valence-electron chi connectivity index (χ0n) is 25.1. The average molecular weight is 711 g/mol. The summed E-state index contributed by atoms with van der Waals surface area (Å²) in [5.74, 6) is 0.104. The molecule has 0 spiro atoms. The Morgan fingerprint density at radius 2 is 1.52 bits per heavy atom. The number of aliphatic hydroxyl groups is 1. The van der Waals surface area contributed by atoms with E-state index in [1.807, 2.05) is 53.8 Å². The van der Waals surface area contributed by atoms with Crippen molar-refractivity contribution < 1.29 is 30.0 Å². The summed E-state index contributed by atoms with van der Waals surface area (Å²) in [4.78, 5) is 16.3. The Kier molecular flexibility index (Phi) is 8.99. The Hall–Kier alpha value is -3.07. The monoisotopic (exact) mass is 711 g/mol. The SMILES string of the molecule is CC(C)(C)C(=O)/C=C(\O)C(C)(C)C.Cc1c[c-]c(-c2nccc3c2C(C)(C)c2cc4ccccc4cc2-3)cc1.[Ir]. The van der Waals surface area contributed by atoms with Gasteiger partial charge in [-0.2, -0.15) is 0 Å². The molecule has 40 heavy (non-hydrogen) atoms. The van der Waals surface area contributed by atoms with Crippen molar-refractivity contribution in [1.82, 2.24) is 4.98 Å². The molecule has 1 radical (unpaired) electrons. The fraction of sp³-hybridized carbons (Fsp3) is 0.333. The van der Waals surface area contributed by atoms with Crippen molar-refractivity contribution in [3.8, 4) is 22.4 Å². The summed E-state index contributed by atoms with van der Waals surface area (Å²) in [6.45, 7) is 17.8. The summed E-state index contributed by atoms with van der Waals surface area (Å²) >= 11 is 0. The van der Waals surface area contributed by atoms with Gasteiger partial charge >= 0.3 is 0 Å². The Morgan fingerprint density at radius 1 is 0.900 bits per heavy atom. The molecule has 4 aromatic rings. The summed E-state index contributed by atoms with van der Waals surface area (Å²) in [5.41, 5.74) is 7.81. The van der Waals surface area contributed by atoms with E-state index in [0.717, 1.165) is 11.3 Å². The molecule has 0 aliphatic heterocycles. The van der Waals surface area contributed by atoms with Crippen molar-refractivity contribution in [3.05, 3.63) is 101 Å². The molecule has 5 rings (SSSR count). The number of ketones is 1. The average Bonchev–Trinajstić information content (AvgIpc) is 3.09. The van der Waals surface area contributed by atoms with Crippen LogP contribution in [-0.4, -0.2) is 15.9 Å². The third-order valence-corrected chi connectivity index (χ3v) is 7.42. The van der Waals surface area contributed by atoms with Crippen molar-refractivity contribution in [3.63, 3.8) is 0 Å². The van der Waals surface area contributed by atoms with E-state index in [0.29, 0.717) is 0 Å². The van der Waals surface area contributed by atoms with Crippen LogP contribution in [0.4, 0.5) is 0 Å². The van der Waals surface area contributed by atoms with Crippen LogP contribution in [0.15, 0.2) is 78.7 Å². The van der Waals surface area contributed by atoms with E-state index in [4.69, 9.17) is 4.98 Å². The normalized spacial score (nSPS) is 14.0. The number of pyridine rings is 1. The molecule has 1 aromatic heterocycles. The van der Waals surface area contributed by atoms with Crippen LogP contribution >= 0.6 is 0 Å². The van der Waals surface area contributed by atoms with E-state index in [1.165, 1.54) is 44.7 Å². The molecule has 0 saturated heterocycles. The number of hydrogen-bond donors (Lipinski definition) is 1. The van der Waals surface area contributed by atoms with Crippen LogP contribution in [0.2, 0.25) is 0 Å². The van der Waals surface area contributed by atoms with Gasteiger partial charge in [0.25, 0.3) is 0 Å². The van der Waals surface area contributed by atoms with E-state index in [1.54, 1.807) is 0 Å². The third-order valence-electron chi connectivity index (χ3n) is 7.42. The predicted octanol–water partition coefficient (Wildman–Crippen LogP) is 9.40. The zero-order valence-corrected chi connectivity index (χ0v) is 27.5. The van der Waals surface area contributed by atoms with E-state index in [2.05, 4.69) is 81.4 Å². The number of aryl methyl sites for hydroxylation is 1. The molecule has 1 heterocycles. The first kappa shape index (κ1) is 31.5. The molecular weight excluding hydrogens is 671 g/mol. The van der Waals surface area contributed by atoms with E-state index in [9.17, 15) is 9.90 Å². The maximum absolute atomic E-state index is 11.5. The Bertz CT molecular complexity index is 1570. The van der Waals surface area contributed by atoms with E-state index < -0.39 is 5.41 Å². The molecule has 0 unspecified atom stereocenters. The molecular formula is C36H40IrNO2-. The second-order valence-corrected chi connectivity index (χ2v) is 13.1. The smallest absolute Gasteiger partial charge is 0.164 e. The number of rotatable bonds is 2. The summed E-state index contributed by atoms with van der Waals surface area (Å²) in [5, 5.41) is 12.1. The molecule has 0 saturated carbocycles. The quantitative estimate of drug-likeness (QED) is 0.128. The Labute approximate surface area is 253 Å². The van der Waals surface area contributed by atoms with Crippen LogP contribution < -0.4 is 0 Å². The number of allylic oxidation sites excluding steroid dienone is 2. The molecule has 211 valence electrons. The molecule has 1 aliphatic rings. The Morgan fingerprint density at radius 3 is 2.08 bits per heavy atom.